The van der Waals surface area contributed by atoms with Crippen molar-refractivity contribution < 1.29 is 13.9 Å². The predicted molar refractivity (Wildman–Crippen MR) is 63.1 cm³/mol. The van der Waals surface area contributed by atoms with Crippen LogP contribution in [0.1, 0.15) is 31.3 Å². The Morgan fingerprint density at radius 3 is 2.62 bits per heavy atom. The molecule has 90 valence electrons. The molecule has 1 rings (SSSR count). The number of Topliss-reactive ketones (excluding diaryl/α,β-unsaturated/α-hetero) is 1. The summed E-state index contributed by atoms with van der Waals surface area (Å²) in [6, 6.07) is 3.84. The fourth-order valence-corrected chi connectivity index (χ4v) is 1.48. The fraction of sp³-hybridized carbons (Fsp3) is 0.583. The average Bonchev–Trinajstić information content (AvgIpc) is 2.67. The van der Waals surface area contributed by atoms with E-state index in [1.54, 1.807) is 13.2 Å². The largest absolute Gasteiger partial charge is 0.437 e. The zero-order valence-corrected chi connectivity index (χ0v) is 10.3. The van der Waals surface area contributed by atoms with Crippen LogP contribution < -0.4 is 4.90 Å². The van der Waals surface area contributed by atoms with Gasteiger partial charge >= 0.3 is 0 Å². The second-order valence-electron chi connectivity index (χ2n) is 3.97. The summed E-state index contributed by atoms with van der Waals surface area (Å²) in [6.45, 7) is 7.03. The van der Waals surface area contributed by atoms with Gasteiger partial charge in [0.05, 0.1) is 6.61 Å². The molecule has 0 amide bonds. The molecule has 0 aliphatic heterocycles. The number of carbonyl (C=O) groups excluding carboxylic acids is 1. The molecule has 0 unspecified atom stereocenters. The average molecular weight is 225 g/mol. The van der Waals surface area contributed by atoms with Crippen molar-refractivity contribution in [2.24, 2.45) is 0 Å². The summed E-state index contributed by atoms with van der Waals surface area (Å²) < 4.78 is 10.5. The van der Waals surface area contributed by atoms with Gasteiger partial charge in [-0.1, -0.05) is 0 Å². The normalized spacial score (nSPS) is 10.8. The van der Waals surface area contributed by atoms with E-state index in [0.717, 1.165) is 12.4 Å². The summed E-state index contributed by atoms with van der Waals surface area (Å²) in [5, 5.41) is 0. The molecule has 0 aliphatic rings. The van der Waals surface area contributed by atoms with Gasteiger partial charge in [-0.2, -0.15) is 0 Å². The first kappa shape index (κ1) is 12.8. The van der Waals surface area contributed by atoms with E-state index in [-0.39, 0.29) is 5.78 Å². The van der Waals surface area contributed by atoms with Crippen molar-refractivity contribution in [2.75, 3.05) is 25.2 Å². The number of anilines is 1. The lowest BCUT2D eigenvalue weighted by Gasteiger charge is -2.25. The number of carbonyl (C=O) groups is 1. The maximum absolute atomic E-state index is 11.1. The summed E-state index contributed by atoms with van der Waals surface area (Å²) in [5.74, 6) is 1.07. The summed E-state index contributed by atoms with van der Waals surface area (Å²) in [4.78, 5) is 13.2. The number of ether oxygens (including phenoxy) is 1. The van der Waals surface area contributed by atoms with E-state index in [1.165, 1.54) is 6.92 Å². The highest BCUT2D eigenvalue weighted by Crippen LogP contribution is 2.20. The van der Waals surface area contributed by atoms with Gasteiger partial charge in [0, 0.05) is 32.7 Å². The van der Waals surface area contributed by atoms with E-state index in [9.17, 15) is 4.79 Å². The molecule has 0 saturated heterocycles. The van der Waals surface area contributed by atoms with Crippen molar-refractivity contribution in [3.05, 3.63) is 17.9 Å². The lowest BCUT2D eigenvalue weighted by atomic mass is 10.3. The van der Waals surface area contributed by atoms with Crippen LogP contribution in [0, 0.1) is 0 Å². The molecule has 1 aromatic rings. The minimum atomic E-state index is -0.0540. The molecule has 0 N–H and O–H groups in total. The Hall–Kier alpha value is -1.29. The third kappa shape index (κ3) is 3.10. The first-order valence-electron chi connectivity index (χ1n) is 5.42. The number of rotatable bonds is 6. The third-order valence-electron chi connectivity index (χ3n) is 2.38. The van der Waals surface area contributed by atoms with Crippen LogP contribution in [0.3, 0.4) is 0 Å². The summed E-state index contributed by atoms with van der Waals surface area (Å²) in [7, 11) is 1.67. The third-order valence-corrected chi connectivity index (χ3v) is 2.38. The highest BCUT2D eigenvalue weighted by atomic mass is 16.5. The molecule has 0 radical (unpaired) electrons. The van der Waals surface area contributed by atoms with E-state index >= 15 is 0 Å². The smallest absolute Gasteiger partial charge is 0.196 e. The standard InChI is InChI=1S/C12H19NO3/c1-9(2)13(7-8-15-4)12-6-5-11(16-12)10(3)14/h5-6,9H,7-8H2,1-4H3. The molecule has 0 bridgehead atoms. The topological polar surface area (TPSA) is 42.7 Å². The van der Waals surface area contributed by atoms with Crippen LogP contribution in [0.4, 0.5) is 5.88 Å². The second-order valence-corrected chi connectivity index (χ2v) is 3.97. The molecule has 0 fully saturated rings. The van der Waals surface area contributed by atoms with Crippen LogP contribution in [0.15, 0.2) is 16.5 Å². The van der Waals surface area contributed by atoms with E-state index in [0.29, 0.717) is 18.4 Å². The Balaban J connectivity index is 2.80. The van der Waals surface area contributed by atoms with Crippen molar-refractivity contribution in [1.29, 1.82) is 0 Å². The van der Waals surface area contributed by atoms with Gasteiger partial charge in [0.15, 0.2) is 17.4 Å². The van der Waals surface area contributed by atoms with E-state index in [1.807, 2.05) is 6.07 Å². The van der Waals surface area contributed by atoms with Crippen LogP contribution >= 0.6 is 0 Å². The number of furan rings is 1. The minimum Gasteiger partial charge on any atom is -0.437 e. The summed E-state index contributed by atoms with van der Waals surface area (Å²) in [6.07, 6.45) is 0. The molecular weight excluding hydrogens is 206 g/mol. The zero-order valence-electron chi connectivity index (χ0n) is 10.3. The SMILES string of the molecule is COCCN(c1ccc(C(C)=O)o1)C(C)C. The Bertz CT molecular complexity index is 344. The first-order valence-corrected chi connectivity index (χ1v) is 5.42. The monoisotopic (exact) mass is 225 g/mol. The Morgan fingerprint density at radius 1 is 1.50 bits per heavy atom. The summed E-state index contributed by atoms with van der Waals surface area (Å²) >= 11 is 0. The number of nitrogens with zero attached hydrogens (tertiary/aromatic N) is 1. The summed E-state index contributed by atoms with van der Waals surface area (Å²) in [5.41, 5.74) is 0. The maximum atomic E-state index is 11.1. The van der Waals surface area contributed by atoms with E-state index in [4.69, 9.17) is 9.15 Å². The van der Waals surface area contributed by atoms with Crippen molar-refractivity contribution in [3.63, 3.8) is 0 Å². The van der Waals surface area contributed by atoms with Crippen molar-refractivity contribution in [1.82, 2.24) is 0 Å². The molecule has 0 saturated carbocycles. The van der Waals surface area contributed by atoms with Gasteiger partial charge in [0.25, 0.3) is 0 Å². The molecule has 4 heteroatoms. The predicted octanol–water partition coefficient (Wildman–Crippen LogP) is 2.34. The molecule has 1 heterocycles. The van der Waals surface area contributed by atoms with E-state index in [2.05, 4.69) is 18.7 Å². The molecule has 0 aliphatic carbocycles. The van der Waals surface area contributed by atoms with Crippen LogP contribution in [0.25, 0.3) is 0 Å². The van der Waals surface area contributed by atoms with Gasteiger partial charge in [0.1, 0.15) is 0 Å². The Labute approximate surface area is 96.2 Å². The Morgan fingerprint density at radius 2 is 2.19 bits per heavy atom. The number of hydrogen-bond donors (Lipinski definition) is 0. The molecule has 1 aromatic heterocycles. The van der Waals surface area contributed by atoms with Gasteiger partial charge in [0.2, 0.25) is 0 Å². The molecule has 4 nitrogen and oxygen atoms in total. The number of ketones is 1. The van der Waals surface area contributed by atoms with Crippen LogP contribution in [0.2, 0.25) is 0 Å². The van der Waals surface area contributed by atoms with Gasteiger partial charge in [-0.3, -0.25) is 4.79 Å². The van der Waals surface area contributed by atoms with Crippen molar-refractivity contribution in [3.8, 4) is 0 Å². The number of hydrogen-bond acceptors (Lipinski definition) is 4. The Kier molecular flexibility index (Phi) is 4.55. The minimum absolute atomic E-state index is 0.0540. The lowest BCUT2D eigenvalue weighted by molar-refractivity contribution is 0.0987. The van der Waals surface area contributed by atoms with Crippen molar-refractivity contribution >= 4 is 11.7 Å². The number of methoxy groups -OCH3 is 1. The van der Waals surface area contributed by atoms with Crippen LogP contribution in [-0.2, 0) is 4.74 Å². The molecule has 0 spiro atoms. The van der Waals surface area contributed by atoms with Crippen molar-refractivity contribution in [2.45, 2.75) is 26.8 Å². The lowest BCUT2D eigenvalue weighted by Crippen LogP contribution is -2.33. The van der Waals surface area contributed by atoms with Crippen LogP contribution in [-0.4, -0.2) is 32.1 Å². The molecule has 0 aromatic carbocycles. The van der Waals surface area contributed by atoms with E-state index < -0.39 is 0 Å². The zero-order chi connectivity index (χ0) is 12.1. The molecular formula is C12H19NO3. The van der Waals surface area contributed by atoms with Gasteiger partial charge in [-0.05, 0) is 19.9 Å². The highest BCUT2D eigenvalue weighted by molar-refractivity contribution is 5.91. The maximum Gasteiger partial charge on any atom is 0.196 e. The second kappa shape index (κ2) is 5.70. The van der Waals surface area contributed by atoms with Gasteiger partial charge in [-0.15, -0.1) is 0 Å². The van der Waals surface area contributed by atoms with Gasteiger partial charge < -0.3 is 14.1 Å². The first-order chi connectivity index (χ1) is 7.56. The fourth-order valence-electron chi connectivity index (χ4n) is 1.48. The highest BCUT2D eigenvalue weighted by Gasteiger charge is 2.15. The molecule has 16 heavy (non-hydrogen) atoms. The quantitative estimate of drug-likeness (QED) is 0.697. The van der Waals surface area contributed by atoms with Gasteiger partial charge in [-0.25, -0.2) is 0 Å². The van der Waals surface area contributed by atoms with Crippen LogP contribution in [0.5, 0.6) is 0 Å². The molecule has 0 atom stereocenters.